The lowest BCUT2D eigenvalue weighted by Crippen LogP contribution is -2.52. The summed E-state index contributed by atoms with van der Waals surface area (Å²) in [6.45, 7) is 3.18. The third-order valence-electron chi connectivity index (χ3n) is 8.67. The number of piperidine rings is 1. The number of nitro groups is 1. The minimum Gasteiger partial charge on any atom is -0.320 e. The summed E-state index contributed by atoms with van der Waals surface area (Å²) in [7, 11) is 0. The first kappa shape index (κ1) is 21.8. The van der Waals surface area contributed by atoms with Gasteiger partial charge in [0.1, 0.15) is 6.20 Å². The highest BCUT2D eigenvalue weighted by Crippen LogP contribution is 2.58. The van der Waals surface area contributed by atoms with E-state index in [1.165, 1.54) is 50.3 Å². The standard InChI is InChI=1S/C26H33N5O3/c32-25(27-22-6-4-18(5-7-22)16-29-8-2-1-3-9-29)24-23(31(33)34)17-30(28-24)26-13-19-10-20(14-26)12-21(11-19)15-26/h4-7,17,19-21H,1-3,8-16H2,(H,27,32). The van der Waals surface area contributed by atoms with Crippen LogP contribution in [0.3, 0.4) is 0 Å². The second-order valence-corrected chi connectivity index (χ2v) is 11.2. The number of hydrogen-bond acceptors (Lipinski definition) is 5. The molecule has 0 atom stereocenters. The molecular weight excluding hydrogens is 430 g/mol. The van der Waals surface area contributed by atoms with E-state index in [1.54, 1.807) is 4.68 Å². The highest BCUT2D eigenvalue weighted by molar-refractivity contribution is 6.05. The Kier molecular flexibility index (Phi) is 5.43. The van der Waals surface area contributed by atoms with Gasteiger partial charge in [0.05, 0.1) is 10.5 Å². The number of anilines is 1. The third-order valence-corrected chi connectivity index (χ3v) is 8.67. The monoisotopic (exact) mass is 463 g/mol. The Balaban J connectivity index is 1.19. The fourth-order valence-corrected chi connectivity index (χ4v) is 7.51. The average molecular weight is 464 g/mol. The van der Waals surface area contributed by atoms with Gasteiger partial charge in [0.2, 0.25) is 5.69 Å². The summed E-state index contributed by atoms with van der Waals surface area (Å²) in [6, 6.07) is 7.79. The zero-order chi connectivity index (χ0) is 23.3. The lowest BCUT2D eigenvalue weighted by atomic mass is 9.53. The summed E-state index contributed by atoms with van der Waals surface area (Å²) in [6.07, 6.45) is 12.3. The summed E-state index contributed by atoms with van der Waals surface area (Å²) < 4.78 is 1.80. The molecule has 1 aliphatic heterocycles. The quantitative estimate of drug-likeness (QED) is 0.483. The smallest absolute Gasteiger partial charge is 0.320 e. The van der Waals surface area contributed by atoms with Crippen LogP contribution in [0.4, 0.5) is 11.4 Å². The Morgan fingerprint density at radius 3 is 2.24 bits per heavy atom. The molecule has 1 aromatic heterocycles. The average Bonchev–Trinajstić information content (AvgIpc) is 3.27. The van der Waals surface area contributed by atoms with E-state index in [2.05, 4.69) is 15.3 Å². The van der Waals surface area contributed by atoms with Gasteiger partial charge in [-0.3, -0.25) is 24.5 Å². The summed E-state index contributed by atoms with van der Waals surface area (Å²) in [5, 5.41) is 19.2. The van der Waals surface area contributed by atoms with Crippen molar-refractivity contribution < 1.29 is 9.72 Å². The number of carbonyl (C=O) groups is 1. The van der Waals surface area contributed by atoms with Crippen molar-refractivity contribution in [1.29, 1.82) is 0 Å². The molecule has 7 rings (SSSR count). The maximum Gasteiger partial charge on any atom is 0.320 e. The zero-order valence-corrected chi connectivity index (χ0v) is 19.6. The molecule has 2 heterocycles. The highest BCUT2D eigenvalue weighted by Gasteiger charge is 2.53. The summed E-state index contributed by atoms with van der Waals surface area (Å²) >= 11 is 0. The predicted octanol–water partition coefficient (Wildman–Crippen LogP) is 4.95. The Labute approximate surface area is 199 Å². The number of amides is 1. The Morgan fingerprint density at radius 1 is 1.03 bits per heavy atom. The molecule has 8 heteroatoms. The number of aromatic nitrogens is 2. The second kappa shape index (κ2) is 8.48. The van der Waals surface area contributed by atoms with Gasteiger partial charge in [-0.2, -0.15) is 5.10 Å². The van der Waals surface area contributed by atoms with Crippen molar-refractivity contribution in [1.82, 2.24) is 14.7 Å². The molecule has 0 spiro atoms. The van der Waals surface area contributed by atoms with Gasteiger partial charge in [0, 0.05) is 12.2 Å². The van der Waals surface area contributed by atoms with E-state index in [1.807, 2.05) is 24.3 Å². The van der Waals surface area contributed by atoms with Gasteiger partial charge in [-0.05, 0) is 99.9 Å². The van der Waals surface area contributed by atoms with Gasteiger partial charge in [-0.1, -0.05) is 18.6 Å². The predicted molar refractivity (Wildman–Crippen MR) is 129 cm³/mol. The van der Waals surface area contributed by atoms with Crippen LogP contribution < -0.4 is 5.32 Å². The molecule has 34 heavy (non-hydrogen) atoms. The van der Waals surface area contributed by atoms with E-state index in [0.717, 1.165) is 38.9 Å². The molecule has 8 nitrogen and oxygen atoms in total. The van der Waals surface area contributed by atoms with Crippen molar-refractivity contribution in [3.8, 4) is 0 Å². The lowest BCUT2D eigenvalue weighted by Gasteiger charge is -2.56. The maximum absolute atomic E-state index is 13.1. The lowest BCUT2D eigenvalue weighted by molar-refractivity contribution is -0.385. The first-order valence-electron chi connectivity index (χ1n) is 12.8. The fourth-order valence-electron chi connectivity index (χ4n) is 7.51. The minimum absolute atomic E-state index is 0.0851. The van der Waals surface area contributed by atoms with Crippen LogP contribution in [0.25, 0.3) is 0 Å². The van der Waals surface area contributed by atoms with Crippen LogP contribution in [-0.2, 0) is 12.1 Å². The molecule has 4 bridgehead atoms. The van der Waals surface area contributed by atoms with Crippen molar-refractivity contribution in [2.24, 2.45) is 17.8 Å². The first-order valence-corrected chi connectivity index (χ1v) is 12.8. The van der Waals surface area contributed by atoms with Gasteiger partial charge in [-0.25, -0.2) is 0 Å². The van der Waals surface area contributed by atoms with Crippen molar-refractivity contribution in [3.63, 3.8) is 0 Å². The zero-order valence-electron chi connectivity index (χ0n) is 19.6. The maximum atomic E-state index is 13.1. The van der Waals surface area contributed by atoms with Crippen molar-refractivity contribution in [2.45, 2.75) is 69.9 Å². The van der Waals surface area contributed by atoms with Crippen molar-refractivity contribution in [3.05, 3.63) is 51.8 Å². The number of likely N-dealkylation sites (tertiary alicyclic amines) is 1. The number of nitrogens with one attached hydrogen (secondary N) is 1. The van der Waals surface area contributed by atoms with Gasteiger partial charge in [0.25, 0.3) is 5.91 Å². The van der Waals surface area contributed by atoms with Crippen LogP contribution in [0.5, 0.6) is 0 Å². The van der Waals surface area contributed by atoms with E-state index in [9.17, 15) is 14.9 Å². The largest absolute Gasteiger partial charge is 0.320 e. The minimum atomic E-state index is -0.515. The number of rotatable bonds is 6. The van der Waals surface area contributed by atoms with Gasteiger partial charge in [0.15, 0.2) is 0 Å². The molecule has 180 valence electrons. The molecule has 4 aliphatic carbocycles. The second-order valence-electron chi connectivity index (χ2n) is 11.2. The van der Waals surface area contributed by atoms with E-state index < -0.39 is 10.8 Å². The van der Waals surface area contributed by atoms with Crippen molar-refractivity contribution in [2.75, 3.05) is 18.4 Å². The van der Waals surface area contributed by atoms with Gasteiger partial charge >= 0.3 is 5.69 Å². The fraction of sp³-hybridized carbons (Fsp3) is 0.615. The molecule has 1 amide bonds. The highest BCUT2D eigenvalue weighted by atomic mass is 16.6. The van der Waals surface area contributed by atoms with E-state index in [4.69, 9.17) is 0 Å². The molecule has 0 unspecified atom stereocenters. The number of hydrogen-bond donors (Lipinski definition) is 1. The molecule has 5 fully saturated rings. The van der Waals surface area contributed by atoms with E-state index in [-0.39, 0.29) is 16.9 Å². The van der Waals surface area contributed by atoms with Crippen LogP contribution >= 0.6 is 0 Å². The molecule has 1 aromatic carbocycles. The SMILES string of the molecule is O=C(Nc1ccc(CN2CCCCC2)cc1)c1nn(C23CC4CC(CC(C4)C2)C3)cc1[N+](=O)[O-]. The van der Waals surface area contributed by atoms with Crippen LogP contribution in [0.1, 0.15) is 73.8 Å². The molecule has 2 aromatic rings. The molecular formula is C26H33N5O3. The van der Waals surface area contributed by atoms with Crippen LogP contribution in [0.15, 0.2) is 30.5 Å². The Morgan fingerprint density at radius 2 is 1.65 bits per heavy atom. The topological polar surface area (TPSA) is 93.3 Å². The molecule has 1 N–H and O–H groups in total. The van der Waals surface area contributed by atoms with Crippen LogP contribution in [-0.4, -0.2) is 38.6 Å². The molecule has 1 saturated heterocycles. The summed E-state index contributed by atoms with van der Waals surface area (Å²) in [5.74, 6) is 1.56. The number of carbonyl (C=O) groups excluding carboxylic acids is 1. The molecule has 4 saturated carbocycles. The van der Waals surface area contributed by atoms with Crippen LogP contribution in [0.2, 0.25) is 0 Å². The number of nitrogens with zero attached hydrogens (tertiary/aromatic N) is 4. The number of benzene rings is 1. The van der Waals surface area contributed by atoms with E-state index in [0.29, 0.717) is 23.4 Å². The summed E-state index contributed by atoms with van der Waals surface area (Å²) in [4.78, 5) is 26.9. The summed E-state index contributed by atoms with van der Waals surface area (Å²) in [5.41, 5.74) is 1.39. The molecule has 5 aliphatic rings. The Bertz CT molecular complexity index is 1050. The van der Waals surface area contributed by atoms with Gasteiger partial charge < -0.3 is 5.32 Å². The third kappa shape index (κ3) is 4.02. The molecule has 0 radical (unpaired) electrons. The van der Waals surface area contributed by atoms with Crippen molar-refractivity contribution >= 4 is 17.3 Å². The van der Waals surface area contributed by atoms with E-state index >= 15 is 0 Å². The first-order chi connectivity index (χ1) is 16.5. The van der Waals surface area contributed by atoms with Gasteiger partial charge in [-0.15, -0.1) is 0 Å². The normalized spacial score (nSPS) is 30.4. The van der Waals surface area contributed by atoms with Crippen LogP contribution in [0, 0.1) is 27.9 Å². The Hall–Kier alpha value is -2.74.